The summed E-state index contributed by atoms with van der Waals surface area (Å²) in [6.07, 6.45) is 2.45. The molecular weight excluding hydrogens is 156 g/mol. The average Bonchev–Trinajstić information content (AvgIpc) is 1.88. The van der Waals surface area contributed by atoms with Gasteiger partial charge >= 0.3 is 0 Å². The van der Waals surface area contributed by atoms with Gasteiger partial charge in [0.1, 0.15) is 12.7 Å². The highest BCUT2D eigenvalue weighted by atomic mass is 32.2. The first kappa shape index (κ1) is 7.03. The van der Waals surface area contributed by atoms with Gasteiger partial charge in [-0.25, -0.2) is 23.9 Å². The lowest BCUT2D eigenvalue weighted by Gasteiger charge is -1.94. The molecule has 0 saturated carbocycles. The molecule has 0 spiro atoms. The third kappa shape index (κ3) is 2.03. The lowest BCUT2D eigenvalue weighted by atomic mass is 11.0. The van der Waals surface area contributed by atoms with Crippen molar-refractivity contribution in [3.05, 3.63) is 12.7 Å². The van der Waals surface area contributed by atoms with Crippen LogP contribution in [0.15, 0.2) is 12.7 Å². The molecule has 1 heterocycles. The highest BCUT2D eigenvalue weighted by molar-refractivity contribution is 7.80. The quantitative estimate of drug-likeness (QED) is 0.565. The molecule has 54 valence electrons. The van der Waals surface area contributed by atoms with Crippen molar-refractivity contribution in [1.82, 2.24) is 15.0 Å². The topological polar surface area (TPSA) is 88.0 Å². The van der Waals surface area contributed by atoms with E-state index in [0.717, 1.165) is 0 Å². The van der Waals surface area contributed by atoms with Gasteiger partial charge < -0.3 is 0 Å². The molecule has 2 N–H and O–H groups in total. The summed E-state index contributed by atoms with van der Waals surface area (Å²) in [6.45, 7) is 0. The molecule has 0 aromatic carbocycles. The summed E-state index contributed by atoms with van der Waals surface area (Å²) < 4.78 is 20.4. The zero-order valence-corrected chi connectivity index (χ0v) is 5.58. The van der Waals surface area contributed by atoms with Gasteiger partial charge in [0, 0.05) is 0 Å². The predicted molar refractivity (Wildman–Crippen MR) is 34.2 cm³/mol. The Morgan fingerprint density at radius 1 is 1.50 bits per heavy atom. The number of anilines is 1. The fourth-order valence-electron chi connectivity index (χ4n) is 0.370. The normalized spacial score (nSPS) is 12.5. The smallest absolute Gasteiger partial charge is 0.261 e. The van der Waals surface area contributed by atoms with Gasteiger partial charge in [0.2, 0.25) is 5.95 Å². The fraction of sp³-hybridized carbons (Fsp3) is 0. The Morgan fingerprint density at radius 2 is 2.10 bits per heavy atom. The molecule has 1 rings (SSSR count). The molecule has 1 unspecified atom stereocenters. The van der Waals surface area contributed by atoms with Crippen LogP contribution in [-0.4, -0.2) is 23.7 Å². The molecule has 0 fully saturated rings. The molecule has 6 nitrogen and oxygen atoms in total. The van der Waals surface area contributed by atoms with Crippen LogP contribution in [-0.2, 0) is 11.3 Å². The third-order valence-corrected chi connectivity index (χ3v) is 1.03. The van der Waals surface area contributed by atoms with Gasteiger partial charge in [0.05, 0.1) is 0 Å². The molecule has 1 aromatic rings. The van der Waals surface area contributed by atoms with Crippen LogP contribution >= 0.6 is 0 Å². The standard InChI is InChI=1S/C3H4N4O2S/c8-10(9)7-3-5-1-4-2-6-3/h1-2H,(H,8,9)(H,4,5,6,7). The minimum atomic E-state index is -2.12. The Balaban J connectivity index is 2.67. The van der Waals surface area contributed by atoms with Gasteiger partial charge in [-0.3, -0.25) is 4.55 Å². The van der Waals surface area contributed by atoms with Gasteiger partial charge in [-0.15, -0.1) is 0 Å². The van der Waals surface area contributed by atoms with E-state index in [1.807, 2.05) is 0 Å². The van der Waals surface area contributed by atoms with E-state index in [-0.39, 0.29) is 5.95 Å². The van der Waals surface area contributed by atoms with Gasteiger partial charge in [0.15, 0.2) is 0 Å². The van der Waals surface area contributed by atoms with Crippen LogP contribution in [0.3, 0.4) is 0 Å². The first-order valence-electron chi connectivity index (χ1n) is 2.28. The van der Waals surface area contributed by atoms with Gasteiger partial charge in [-0.1, -0.05) is 0 Å². The van der Waals surface area contributed by atoms with Crippen LogP contribution in [0, 0.1) is 0 Å². The largest absolute Gasteiger partial charge is 0.289 e. The molecular formula is C3H4N4O2S. The summed E-state index contributed by atoms with van der Waals surface area (Å²) >= 11 is -2.12. The van der Waals surface area contributed by atoms with Crippen LogP contribution < -0.4 is 4.72 Å². The molecule has 0 aliphatic heterocycles. The summed E-state index contributed by atoms with van der Waals surface area (Å²) in [4.78, 5) is 10.6. The maximum absolute atomic E-state index is 10.1. The zero-order valence-electron chi connectivity index (χ0n) is 4.76. The van der Waals surface area contributed by atoms with E-state index in [1.165, 1.54) is 12.7 Å². The van der Waals surface area contributed by atoms with E-state index in [4.69, 9.17) is 4.55 Å². The number of aromatic nitrogens is 3. The average molecular weight is 160 g/mol. The van der Waals surface area contributed by atoms with Crippen molar-refractivity contribution >= 4 is 17.2 Å². The Kier molecular flexibility index (Phi) is 2.24. The van der Waals surface area contributed by atoms with Crippen molar-refractivity contribution in [1.29, 1.82) is 0 Å². The molecule has 1 aromatic heterocycles. The number of nitrogens with zero attached hydrogens (tertiary/aromatic N) is 3. The minimum absolute atomic E-state index is 0.0795. The molecule has 0 amide bonds. The first-order chi connectivity index (χ1) is 4.79. The predicted octanol–water partition coefficient (Wildman–Crippen LogP) is -0.580. The number of rotatable bonds is 2. The molecule has 0 aliphatic carbocycles. The number of hydrogen-bond acceptors (Lipinski definition) is 4. The maximum Gasteiger partial charge on any atom is 0.261 e. The number of nitrogens with one attached hydrogen (secondary N) is 1. The zero-order chi connectivity index (χ0) is 7.40. The van der Waals surface area contributed by atoms with E-state index in [2.05, 4.69) is 19.7 Å². The summed E-state index contributed by atoms with van der Waals surface area (Å²) in [6, 6.07) is 0. The van der Waals surface area contributed by atoms with Crippen LogP contribution in [0.25, 0.3) is 0 Å². The molecule has 0 saturated heterocycles. The molecule has 0 bridgehead atoms. The Labute approximate surface area is 59.2 Å². The Morgan fingerprint density at radius 3 is 2.60 bits per heavy atom. The van der Waals surface area contributed by atoms with Crippen LogP contribution in [0.1, 0.15) is 0 Å². The van der Waals surface area contributed by atoms with E-state index in [9.17, 15) is 4.21 Å². The van der Waals surface area contributed by atoms with Gasteiger partial charge in [-0.2, -0.15) is 0 Å². The maximum atomic E-state index is 10.1. The second-order valence-electron chi connectivity index (χ2n) is 1.31. The van der Waals surface area contributed by atoms with E-state index in [1.54, 1.807) is 0 Å². The van der Waals surface area contributed by atoms with E-state index < -0.39 is 11.3 Å². The minimum Gasteiger partial charge on any atom is -0.289 e. The summed E-state index contributed by atoms with van der Waals surface area (Å²) in [5.74, 6) is 0.0795. The van der Waals surface area contributed by atoms with E-state index >= 15 is 0 Å². The lowest BCUT2D eigenvalue weighted by Crippen LogP contribution is -2.05. The van der Waals surface area contributed by atoms with Crippen molar-refractivity contribution < 1.29 is 8.76 Å². The van der Waals surface area contributed by atoms with Crippen molar-refractivity contribution in [2.75, 3.05) is 4.72 Å². The molecule has 1 atom stereocenters. The molecule has 0 radical (unpaired) electrons. The Bertz CT molecular complexity index is 227. The lowest BCUT2D eigenvalue weighted by molar-refractivity contribution is 0.569. The highest BCUT2D eigenvalue weighted by Gasteiger charge is 1.94. The Hall–Kier alpha value is -1.08. The van der Waals surface area contributed by atoms with Crippen molar-refractivity contribution in [3.8, 4) is 0 Å². The SMILES string of the molecule is O=S(O)Nc1ncncn1. The van der Waals surface area contributed by atoms with Gasteiger partial charge in [0.25, 0.3) is 11.3 Å². The molecule has 0 aliphatic rings. The monoisotopic (exact) mass is 160 g/mol. The van der Waals surface area contributed by atoms with E-state index in [0.29, 0.717) is 0 Å². The molecule has 10 heavy (non-hydrogen) atoms. The second-order valence-corrected chi connectivity index (χ2v) is 2.02. The fourth-order valence-corrected chi connectivity index (χ4v) is 0.632. The molecule has 7 heteroatoms. The third-order valence-electron chi connectivity index (χ3n) is 0.672. The van der Waals surface area contributed by atoms with Crippen molar-refractivity contribution in [2.45, 2.75) is 0 Å². The van der Waals surface area contributed by atoms with Crippen LogP contribution in [0.2, 0.25) is 0 Å². The van der Waals surface area contributed by atoms with Gasteiger partial charge in [-0.05, 0) is 0 Å². The first-order valence-corrected chi connectivity index (χ1v) is 3.39. The number of hydrogen-bond donors (Lipinski definition) is 2. The van der Waals surface area contributed by atoms with Crippen molar-refractivity contribution in [2.24, 2.45) is 0 Å². The highest BCUT2D eigenvalue weighted by Crippen LogP contribution is 1.90. The summed E-state index contributed by atoms with van der Waals surface area (Å²) in [5, 5.41) is 0. The second kappa shape index (κ2) is 3.18. The van der Waals surface area contributed by atoms with Crippen LogP contribution in [0.5, 0.6) is 0 Å². The summed E-state index contributed by atoms with van der Waals surface area (Å²) in [5.41, 5.74) is 0. The summed E-state index contributed by atoms with van der Waals surface area (Å²) in [7, 11) is 0. The van der Waals surface area contributed by atoms with Crippen LogP contribution in [0.4, 0.5) is 5.95 Å². The van der Waals surface area contributed by atoms with Crippen molar-refractivity contribution in [3.63, 3.8) is 0 Å².